The second-order valence-corrected chi connectivity index (χ2v) is 5.25. The topological polar surface area (TPSA) is 78.7 Å². The highest BCUT2D eigenvalue weighted by molar-refractivity contribution is 6.34. The molecular weight excluding hydrogens is 292 g/mol. The summed E-state index contributed by atoms with van der Waals surface area (Å²) >= 11 is 5.90. The summed E-state index contributed by atoms with van der Waals surface area (Å²) in [4.78, 5) is 14.9. The molecule has 0 saturated heterocycles. The quantitative estimate of drug-likeness (QED) is 0.599. The largest absolute Gasteiger partial charge is 0.477 e. The third-order valence-electron chi connectivity index (χ3n) is 3.27. The first kappa shape index (κ1) is 13.5. The number of hydrogen-bond donors (Lipinski definition) is 3. The number of carboxylic acid groups (broad SMARTS) is 1. The minimum absolute atomic E-state index is 0.471. The van der Waals surface area contributed by atoms with Crippen LogP contribution in [0.1, 0.15) is 0 Å². The van der Waals surface area contributed by atoms with Crippen molar-refractivity contribution in [3.63, 3.8) is 0 Å². The van der Waals surface area contributed by atoms with Gasteiger partial charge in [0.2, 0.25) is 0 Å². The standard InChI is InChI=1S/C14H13ClN4O2/c1-19-8-6-9-10(3-2-4-11(9)19)17-12-5-7-16-14(15,18-12)13(20)21/h2-8,17-18H,1H3,(H,20,21). The fourth-order valence-electron chi connectivity index (χ4n) is 2.20. The van der Waals surface area contributed by atoms with E-state index in [0.717, 1.165) is 16.6 Å². The number of nitrogens with zero attached hydrogens (tertiary/aromatic N) is 2. The zero-order valence-electron chi connectivity index (χ0n) is 11.2. The molecule has 3 N–H and O–H groups in total. The molecule has 7 heteroatoms. The van der Waals surface area contributed by atoms with E-state index in [-0.39, 0.29) is 0 Å². The van der Waals surface area contributed by atoms with E-state index in [4.69, 9.17) is 16.7 Å². The summed E-state index contributed by atoms with van der Waals surface area (Å²) in [6.07, 6.45) is 4.96. The predicted octanol–water partition coefficient (Wildman–Crippen LogP) is 2.08. The SMILES string of the molecule is Cn1ccc2c(NC3=CC=NC(Cl)(C(=O)O)N3)cccc21. The number of hydrogen-bond acceptors (Lipinski definition) is 4. The third kappa shape index (κ3) is 2.34. The van der Waals surface area contributed by atoms with Crippen molar-refractivity contribution in [1.82, 2.24) is 9.88 Å². The number of halogens is 1. The van der Waals surface area contributed by atoms with E-state index in [1.54, 1.807) is 6.08 Å². The number of aromatic nitrogens is 1. The Morgan fingerprint density at radius 2 is 2.29 bits per heavy atom. The van der Waals surface area contributed by atoms with Gasteiger partial charge in [0.25, 0.3) is 0 Å². The Bertz CT molecular complexity index is 780. The normalized spacial score (nSPS) is 21.0. The number of allylic oxidation sites excluding steroid dienone is 1. The smallest absolute Gasteiger partial charge is 0.369 e. The van der Waals surface area contributed by atoms with E-state index in [2.05, 4.69) is 15.6 Å². The maximum absolute atomic E-state index is 11.1. The van der Waals surface area contributed by atoms with Gasteiger partial charge in [0.05, 0.1) is 0 Å². The van der Waals surface area contributed by atoms with E-state index >= 15 is 0 Å². The molecule has 1 unspecified atom stereocenters. The maximum Gasteiger partial charge on any atom is 0.369 e. The molecule has 21 heavy (non-hydrogen) atoms. The number of rotatable bonds is 3. The van der Waals surface area contributed by atoms with Crippen LogP contribution in [0.3, 0.4) is 0 Å². The van der Waals surface area contributed by atoms with Crippen molar-refractivity contribution in [1.29, 1.82) is 0 Å². The number of fused-ring (bicyclic) bond motifs is 1. The third-order valence-corrected chi connectivity index (χ3v) is 3.63. The van der Waals surface area contributed by atoms with Crippen molar-refractivity contribution in [3.8, 4) is 0 Å². The van der Waals surface area contributed by atoms with Gasteiger partial charge in [0, 0.05) is 36.0 Å². The van der Waals surface area contributed by atoms with Crippen LogP contribution in [-0.2, 0) is 11.8 Å². The number of aliphatic carboxylic acids is 1. The first-order valence-electron chi connectivity index (χ1n) is 6.27. The fraction of sp³-hybridized carbons (Fsp3) is 0.143. The van der Waals surface area contributed by atoms with Crippen LogP contribution in [0.2, 0.25) is 0 Å². The van der Waals surface area contributed by atoms with Crippen LogP contribution in [0, 0.1) is 0 Å². The van der Waals surface area contributed by atoms with Gasteiger partial charge in [-0.25, -0.2) is 9.79 Å². The van der Waals surface area contributed by atoms with E-state index in [1.165, 1.54) is 6.21 Å². The summed E-state index contributed by atoms with van der Waals surface area (Å²) in [5.74, 6) is -0.788. The summed E-state index contributed by atoms with van der Waals surface area (Å²) in [5.41, 5.74) is 1.92. The van der Waals surface area contributed by atoms with Gasteiger partial charge in [-0.15, -0.1) is 0 Å². The zero-order valence-corrected chi connectivity index (χ0v) is 11.9. The average molecular weight is 305 g/mol. The minimum Gasteiger partial charge on any atom is -0.477 e. The van der Waals surface area contributed by atoms with Gasteiger partial charge < -0.3 is 20.3 Å². The molecule has 2 aromatic rings. The maximum atomic E-state index is 11.1. The second-order valence-electron chi connectivity index (χ2n) is 4.70. The van der Waals surface area contributed by atoms with Crippen molar-refractivity contribution in [2.24, 2.45) is 12.0 Å². The summed E-state index contributed by atoms with van der Waals surface area (Å²) < 4.78 is 2.01. The molecule has 1 aromatic heterocycles. The van der Waals surface area contributed by atoms with Gasteiger partial charge in [-0.1, -0.05) is 17.7 Å². The lowest BCUT2D eigenvalue weighted by atomic mass is 10.2. The Morgan fingerprint density at radius 1 is 1.48 bits per heavy atom. The van der Waals surface area contributed by atoms with E-state index in [0.29, 0.717) is 5.82 Å². The number of nitrogens with one attached hydrogen (secondary N) is 2. The second kappa shape index (κ2) is 4.82. The van der Waals surface area contributed by atoms with Crippen molar-refractivity contribution in [3.05, 3.63) is 42.4 Å². The van der Waals surface area contributed by atoms with Crippen molar-refractivity contribution >= 4 is 40.4 Å². The lowest BCUT2D eigenvalue weighted by Gasteiger charge is -2.25. The van der Waals surface area contributed by atoms with Crippen molar-refractivity contribution in [2.75, 3.05) is 5.32 Å². The first-order valence-corrected chi connectivity index (χ1v) is 6.64. The lowest BCUT2D eigenvalue weighted by Crippen LogP contribution is -2.48. The molecule has 0 spiro atoms. The number of aliphatic imine (C=N–C) groups is 1. The van der Waals surface area contributed by atoms with Crippen molar-refractivity contribution in [2.45, 2.75) is 5.12 Å². The number of anilines is 1. The Labute approximate surface area is 125 Å². The fourth-order valence-corrected chi connectivity index (χ4v) is 2.36. The highest BCUT2D eigenvalue weighted by Crippen LogP contribution is 2.26. The summed E-state index contributed by atoms with van der Waals surface area (Å²) in [5, 5.41) is 14.1. The van der Waals surface area contributed by atoms with Crippen LogP contribution in [0.5, 0.6) is 0 Å². The lowest BCUT2D eigenvalue weighted by molar-refractivity contribution is -0.140. The highest BCUT2D eigenvalue weighted by atomic mass is 35.5. The van der Waals surface area contributed by atoms with Crippen LogP contribution in [-0.4, -0.2) is 27.0 Å². The number of carbonyl (C=O) groups is 1. The molecule has 0 fully saturated rings. The molecular formula is C14H13ClN4O2. The van der Waals surface area contributed by atoms with Gasteiger partial charge in [0.1, 0.15) is 5.82 Å². The van der Waals surface area contributed by atoms with Gasteiger partial charge in [0.15, 0.2) is 0 Å². The molecule has 3 rings (SSSR count). The molecule has 0 radical (unpaired) electrons. The Hall–Kier alpha value is -2.47. The number of carboxylic acids is 1. The average Bonchev–Trinajstić information content (AvgIpc) is 2.82. The highest BCUT2D eigenvalue weighted by Gasteiger charge is 2.37. The Kier molecular flexibility index (Phi) is 3.10. The van der Waals surface area contributed by atoms with Gasteiger partial charge >= 0.3 is 11.1 Å². The van der Waals surface area contributed by atoms with Crippen LogP contribution >= 0.6 is 11.6 Å². The predicted molar refractivity (Wildman–Crippen MR) is 82.5 cm³/mol. The molecule has 0 saturated carbocycles. The molecule has 1 atom stereocenters. The molecule has 1 aliphatic rings. The molecule has 1 aliphatic heterocycles. The first-order chi connectivity index (χ1) is 9.99. The van der Waals surface area contributed by atoms with Gasteiger partial charge in [-0.2, -0.15) is 0 Å². The Balaban J connectivity index is 1.91. The van der Waals surface area contributed by atoms with Crippen LogP contribution in [0.4, 0.5) is 5.69 Å². The molecule has 0 aliphatic carbocycles. The molecule has 0 amide bonds. The summed E-state index contributed by atoms with van der Waals surface area (Å²) in [7, 11) is 1.96. The van der Waals surface area contributed by atoms with Crippen LogP contribution in [0.15, 0.2) is 47.4 Å². The molecule has 2 heterocycles. The van der Waals surface area contributed by atoms with Gasteiger partial charge in [-0.3, -0.25) is 0 Å². The summed E-state index contributed by atoms with van der Waals surface area (Å²) in [6, 6.07) is 7.83. The van der Waals surface area contributed by atoms with E-state index < -0.39 is 11.1 Å². The van der Waals surface area contributed by atoms with Gasteiger partial charge in [-0.05, 0) is 24.3 Å². The van der Waals surface area contributed by atoms with E-state index in [1.807, 2.05) is 42.1 Å². The number of alkyl halides is 1. The van der Waals surface area contributed by atoms with Crippen LogP contribution in [0.25, 0.3) is 10.9 Å². The molecule has 0 bridgehead atoms. The van der Waals surface area contributed by atoms with Crippen LogP contribution < -0.4 is 10.6 Å². The molecule has 6 nitrogen and oxygen atoms in total. The zero-order chi connectivity index (χ0) is 15.0. The Morgan fingerprint density at radius 3 is 3.05 bits per heavy atom. The molecule has 108 valence electrons. The minimum atomic E-state index is -1.87. The van der Waals surface area contributed by atoms with Crippen molar-refractivity contribution < 1.29 is 9.90 Å². The summed E-state index contributed by atoms with van der Waals surface area (Å²) in [6.45, 7) is 0. The molecule has 1 aromatic carbocycles. The number of benzene rings is 1. The number of aryl methyl sites for hydroxylation is 1. The van der Waals surface area contributed by atoms with E-state index in [9.17, 15) is 4.79 Å². The monoisotopic (exact) mass is 304 g/mol.